The quantitative estimate of drug-likeness (QED) is 0.277. The van der Waals surface area contributed by atoms with Gasteiger partial charge in [-0.15, -0.1) is 0 Å². The van der Waals surface area contributed by atoms with Crippen molar-refractivity contribution in [3.8, 4) is 28.7 Å². The maximum Gasteiger partial charge on any atom is 0.133 e. The number of aryl methyl sites for hydroxylation is 4. The number of phenolic OH excluding ortho intramolecular Hbond substituents is 3. The van der Waals surface area contributed by atoms with Crippen LogP contribution in [0.4, 0.5) is 17.1 Å². The Morgan fingerprint density at radius 3 is 1.66 bits per heavy atom. The van der Waals surface area contributed by atoms with E-state index in [2.05, 4.69) is 0 Å². The zero-order chi connectivity index (χ0) is 25.4. The van der Waals surface area contributed by atoms with Gasteiger partial charge in [0.2, 0.25) is 0 Å². The fourth-order valence-electron chi connectivity index (χ4n) is 4.41. The zero-order valence-corrected chi connectivity index (χ0v) is 21.0. The van der Waals surface area contributed by atoms with Gasteiger partial charge in [0.15, 0.2) is 0 Å². The van der Waals surface area contributed by atoms with Crippen LogP contribution in [0.3, 0.4) is 0 Å². The molecule has 4 rings (SSSR count). The summed E-state index contributed by atoms with van der Waals surface area (Å²) in [6, 6.07) is 18.6. The largest absolute Gasteiger partial charge is 0.508 e. The molecule has 35 heavy (non-hydrogen) atoms. The van der Waals surface area contributed by atoms with Crippen LogP contribution in [-0.4, -0.2) is 15.3 Å². The highest BCUT2D eigenvalue weighted by Gasteiger charge is 2.21. The molecule has 5 nitrogen and oxygen atoms in total. The van der Waals surface area contributed by atoms with Gasteiger partial charge in [-0.25, -0.2) is 0 Å². The van der Waals surface area contributed by atoms with Crippen molar-refractivity contribution in [1.82, 2.24) is 0 Å². The van der Waals surface area contributed by atoms with Gasteiger partial charge in [-0.2, -0.15) is 0 Å². The zero-order valence-electron chi connectivity index (χ0n) is 21.0. The van der Waals surface area contributed by atoms with Crippen LogP contribution in [0.1, 0.15) is 33.4 Å². The number of aromatic hydroxyl groups is 3. The second-order valence-electron chi connectivity index (χ2n) is 9.20. The number of hydrogen-bond acceptors (Lipinski definition) is 5. The van der Waals surface area contributed by atoms with E-state index in [9.17, 15) is 15.3 Å². The van der Waals surface area contributed by atoms with E-state index in [1.807, 2.05) is 82.8 Å². The van der Waals surface area contributed by atoms with E-state index in [4.69, 9.17) is 4.74 Å². The average molecular weight is 470 g/mol. The monoisotopic (exact) mass is 469 g/mol. The molecular formula is C30H31NO4. The van der Waals surface area contributed by atoms with Crippen molar-refractivity contribution in [3.05, 3.63) is 94.0 Å². The van der Waals surface area contributed by atoms with Crippen molar-refractivity contribution >= 4 is 17.1 Å². The number of ether oxygens (including phenoxy) is 1. The summed E-state index contributed by atoms with van der Waals surface area (Å²) < 4.78 is 6.28. The van der Waals surface area contributed by atoms with Crippen LogP contribution >= 0.6 is 0 Å². The van der Waals surface area contributed by atoms with Crippen LogP contribution in [0.25, 0.3) is 0 Å². The molecule has 0 atom stereocenters. The minimum absolute atomic E-state index is 0.205. The Balaban J connectivity index is 1.91. The number of nitrogens with zero attached hydrogens (tertiary/aromatic N) is 1. The lowest BCUT2D eigenvalue weighted by Gasteiger charge is -2.30. The first-order valence-corrected chi connectivity index (χ1v) is 11.5. The molecule has 0 aliphatic carbocycles. The van der Waals surface area contributed by atoms with E-state index in [1.54, 1.807) is 24.3 Å². The highest BCUT2D eigenvalue weighted by molar-refractivity contribution is 5.83. The van der Waals surface area contributed by atoms with Gasteiger partial charge in [-0.1, -0.05) is 6.07 Å². The minimum Gasteiger partial charge on any atom is -0.508 e. The molecule has 0 spiro atoms. The third-order valence-corrected chi connectivity index (χ3v) is 6.22. The molecule has 0 unspecified atom stereocenters. The van der Waals surface area contributed by atoms with Crippen LogP contribution < -0.4 is 9.64 Å². The Kier molecular flexibility index (Phi) is 6.35. The Hall–Kier alpha value is -4.12. The molecule has 180 valence electrons. The highest BCUT2D eigenvalue weighted by Crippen LogP contribution is 2.44. The lowest BCUT2D eigenvalue weighted by molar-refractivity contribution is 0.458. The summed E-state index contributed by atoms with van der Waals surface area (Å²) in [6.07, 6.45) is 0. The van der Waals surface area contributed by atoms with Crippen LogP contribution in [0.5, 0.6) is 28.7 Å². The summed E-state index contributed by atoms with van der Waals surface area (Å²) in [7, 11) is 0. The third kappa shape index (κ3) is 4.76. The van der Waals surface area contributed by atoms with Crippen LogP contribution in [0.2, 0.25) is 0 Å². The Labute approximate surface area is 206 Å². The molecular weight excluding hydrogens is 438 g/mol. The van der Waals surface area contributed by atoms with Crippen molar-refractivity contribution in [1.29, 1.82) is 0 Å². The normalized spacial score (nSPS) is 10.9. The van der Waals surface area contributed by atoms with E-state index < -0.39 is 0 Å². The molecule has 0 amide bonds. The molecule has 0 bridgehead atoms. The van der Waals surface area contributed by atoms with Crippen LogP contribution in [-0.2, 0) is 0 Å². The first-order chi connectivity index (χ1) is 16.5. The molecule has 0 heterocycles. The summed E-state index contributed by atoms with van der Waals surface area (Å²) in [5, 5.41) is 31.1. The van der Waals surface area contributed by atoms with E-state index in [1.165, 1.54) is 0 Å². The van der Waals surface area contributed by atoms with E-state index >= 15 is 0 Å². The average Bonchev–Trinajstić information content (AvgIpc) is 2.77. The topological polar surface area (TPSA) is 73.2 Å². The number of hydrogen-bond donors (Lipinski definition) is 3. The van der Waals surface area contributed by atoms with Gasteiger partial charge < -0.3 is 25.0 Å². The van der Waals surface area contributed by atoms with Gasteiger partial charge in [-0.3, -0.25) is 0 Å². The molecule has 4 aromatic rings. The van der Waals surface area contributed by atoms with E-state index in [0.29, 0.717) is 11.5 Å². The summed E-state index contributed by atoms with van der Waals surface area (Å²) >= 11 is 0. The van der Waals surface area contributed by atoms with Crippen molar-refractivity contribution < 1.29 is 20.1 Å². The van der Waals surface area contributed by atoms with Gasteiger partial charge in [0.1, 0.15) is 28.7 Å². The Bertz CT molecular complexity index is 1340. The van der Waals surface area contributed by atoms with Gasteiger partial charge in [0.25, 0.3) is 0 Å². The summed E-state index contributed by atoms with van der Waals surface area (Å²) in [4.78, 5) is 2.04. The molecule has 0 aromatic heterocycles. The molecule has 0 aliphatic heterocycles. The second kappa shape index (κ2) is 9.26. The number of benzene rings is 4. The predicted molar refractivity (Wildman–Crippen MR) is 141 cm³/mol. The maximum absolute atomic E-state index is 10.6. The Morgan fingerprint density at radius 1 is 0.629 bits per heavy atom. The second-order valence-corrected chi connectivity index (χ2v) is 9.20. The molecule has 0 saturated heterocycles. The summed E-state index contributed by atoms with van der Waals surface area (Å²) in [5.74, 6) is 1.95. The number of rotatable bonds is 5. The van der Waals surface area contributed by atoms with E-state index in [-0.39, 0.29) is 17.2 Å². The molecule has 0 aliphatic rings. The smallest absolute Gasteiger partial charge is 0.133 e. The lowest BCUT2D eigenvalue weighted by Crippen LogP contribution is -2.13. The molecule has 0 saturated carbocycles. The molecule has 4 aromatic carbocycles. The van der Waals surface area contributed by atoms with Crippen molar-refractivity contribution in [2.75, 3.05) is 4.90 Å². The lowest BCUT2D eigenvalue weighted by atomic mass is 10.0. The summed E-state index contributed by atoms with van der Waals surface area (Å²) in [6.45, 7) is 11.4. The standard InChI is InChI=1S/C30H31NO4/c1-17-10-26(21(5)28(33)12-17)31(27-11-18(2)13-29(34)22(27)6)23-8-7-9-25(16-23)35-30-19(3)14-24(32)15-20(30)4/h7-16,32-34H,1-6H3. The van der Waals surface area contributed by atoms with E-state index in [0.717, 1.165) is 50.4 Å². The van der Waals surface area contributed by atoms with Gasteiger partial charge in [0.05, 0.1) is 11.4 Å². The Morgan fingerprint density at radius 2 is 1.14 bits per heavy atom. The van der Waals surface area contributed by atoms with Crippen molar-refractivity contribution in [3.63, 3.8) is 0 Å². The van der Waals surface area contributed by atoms with Crippen molar-refractivity contribution in [2.24, 2.45) is 0 Å². The molecule has 0 radical (unpaired) electrons. The molecule has 5 heteroatoms. The minimum atomic E-state index is 0.205. The first kappa shape index (κ1) is 24.0. The van der Waals surface area contributed by atoms with Gasteiger partial charge in [0, 0.05) is 22.9 Å². The first-order valence-electron chi connectivity index (χ1n) is 11.5. The van der Waals surface area contributed by atoms with Crippen LogP contribution in [0.15, 0.2) is 60.7 Å². The molecule has 3 N–H and O–H groups in total. The van der Waals surface area contributed by atoms with Crippen molar-refractivity contribution in [2.45, 2.75) is 41.5 Å². The fourth-order valence-corrected chi connectivity index (χ4v) is 4.41. The summed E-state index contributed by atoms with van der Waals surface area (Å²) in [5.41, 5.74) is 7.41. The fraction of sp³-hybridized carbons (Fsp3) is 0.200. The number of phenols is 3. The van der Waals surface area contributed by atoms with Gasteiger partial charge in [-0.05, 0) is 112 Å². The maximum atomic E-state index is 10.6. The molecule has 0 fully saturated rings. The highest BCUT2D eigenvalue weighted by atomic mass is 16.5. The SMILES string of the molecule is Cc1cc(O)c(C)c(N(c2cccc(Oc3c(C)cc(O)cc3C)c2)c2cc(C)cc(O)c2C)c1. The predicted octanol–water partition coefficient (Wildman–Crippen LogP) is 7.92. The van der Waals surface area contributed by atoms with Gasteiger partial charge >= 0.3 is 0 Å². The van der Waals surface area contributed by atoms with Crippen LogP contribution in [0, 0.1) is 41.5 Å². The third-order valence-electron chi connectivity index (χ3n) is 6.22. The number of anilines is 3.